The first-order valence-corrected chi connectivity index (χ1v) is 7.05. The van der Waals surface area contributed by atoms with Gasteiger partial charge in [-0.3, -0.25) is 4.79 Å². The number of aryl methyl sites for hydroxylation is 1. The van der Waals surface area contributed by atoms with Gasteiger partial charge in [-0.15, -0.1) is 0 Å². The van der Waals surface area contributed by atoms with Gasteiger partial charge in [0.1, 0.15) is 0 Å². The molecule has 0 aliphatic rings. The fourth-order valence-corrected chi connectivity index (χ4v) is 2.23. The predicted molar refractivity (Wildman–Crippen MR) is 81.9 cm³/mol. The Kier molecular flexibility index (Phi) is 6.48. The molecule has 0 saturated heterocycles. The van der Waals surface area contributed by atoms with Crippen molar-refractivity contribution in [1.29, 1.82) is 0 Å². The molecule has 0 unspecified atom stereocenters. The summed E-state index contributed by atoms with van der Waals surface area (Å²) in [7, 11) is 0. The van der Waals surface area contributed by atoms with Crippen LogP contribution in [0, 0.1) is 0 Å². The first-order chi connectivity index (χ1) is 9.49. The van der Waals surface area contributed by atoms with Gasteiger partial charge in [0.05, 0.1) is 11.3 Å². The number of nitrogens with two attached hydrogens (primary N) is 2. The zero-order valence-electron chi connectivity index (χ0n) is 12.3. The molecule has 5 nitrogen and oxygen atoms in total. The maximum atomic E-state index is 11.7. The third kappa shape index (κ3) is 4.51. The molecule has 0 bridgehead atoms. The summed E-state index contributed by atoms with van der Waals surface area (Å²) >= 11 is 0. The van der Waals surface area contributed by atoms with Crippen molar-refractivity contribution in [2.45, 2.75) is 39.2 Å². The zero-order valence-corrected chi connectivity index (χ0v) is 12.3. The lowest BCUT2D eigenvalue weighted by Crippen LogP contribution is -2.20. The maximum Gasteiger partial charge on any atom is 0.250 e. The van der Waals surface area contributed by atoms with Crippen molar-refractivity contribution < 1.29 is 9.90 Å². The van der Waals surface area contributed by atoms with E-state index in [1.807, 2.05) is 19.9 Å². The fourth-order valence-electron chi connectivity index (χ4n) is 2.23. The minimum atomic E-state index is -0.447. The van der Waals surface area contributed by atoms with Crippen molar-refractivity contribution in [3.8, 4) is 0 Å². The number of primary amides is 1. The minimum absolute atomic E-state index is 0.0358. The molecule has 1 amide bonds. The Morgan fingerprint density at radius 1 is 1.45 bits per heavy atom. The van der Waals surface area contributed by atoms with Crippen LogP contribution in [-0.2, 0) is 12.8 Å². The molecule has 6 N–H and O–H groups in total. The van der Waals surface area contributed by atoms with Gasteiger partial charge < -0.3 is 21.9 Å². The van der Waals surface area contributed by atoms with Gasteiger partial charge in [0.15, 0.2) is 0 Å². The van der Waals surface area contributed by atoms with Crippen LogP contribution in [0.4, 0.5) is 5.69 Å². The molecular weight excluding hydrogens is 254 g/mol. The van der Waals surface area contributed by atoms with Crippen LogP contribution in [0.1, 0.15) is 41.8 Å². The number of hydrogen-bond donors (Lipinski definition) is 4. The molecule has 1 atom stereocenters. The number of carbonyl (C=O) groups excluding carboxylic acids is 1. The number of rotatable bonds is 8. The van der Waals surface area contributed by atoms with E-state index < -0.39 is 5.91 Å². The Hall–Kier alpha value is -1.59. The van der Waals surface area contributed by atoms with Crippen LogP contribution in [0.3, 0.4) is 0 Å². The highest BCUT2D eigenvalue weighted by molar-refractivity contribution is 5.99. The molecule has 0 aliphatic heterocycles. The lowest BCUT2D eigenvalue weighted by Gasteiger charge is -2.17. The van der Waals surface area contributed by atoms with E-state index in [0.29, 0.717) is 24.9 Å². The number of nitrogens with one attached hydrogen (secondary N) is 1. The molecule has 1 rings (SSSR count). The molecule has 0 fully saturated rings. The number of benzene rings is 1. The van der Waals surface area contributed by atoms with Crippen molar-refractivity contribution in [3.05, 3.63) is 28.8 Å². The first kappa shape index (κ1) is 16.5. The van der Waals surface area contributed by atoms with Gasteiger partial charge in [-0.2, -0.15) is 0 Å². The zero-order chi connectivity index (χ0) is 15.1. The first-order valence-electron chi connectivity index (χ1n) is 7.05. The van der Waals surface area contributed by atoms with E-state index >= 15 is 0 Å². The molecule has 0 radical (unpaired) electrons. The third-order valence-electron chi connectivity index (χ3n) is 3.12. The number of amides is 1. The second-order valence-corrected chi connectivity index (χ2v) is 5.08. The number of anilines is 1. The smallest absolute Gasteiger partial charge is 0.250 e. The van der Waals surface area contributed by atoms with E-state index in [4.69, 9.17) is 16.6 Å². The van der Waals surface area contributed by atoms with Crippen LogP contribution >= 0.6 is 0 Å². The molecule has 5 heteroatoms. The second kappa shape index (κ2) is 7.87. The normalized spacial score (nSPS) is 12.2. The Morgan fingerprint density at radius 2 is 2.15 bits per heavy atom. The van der Waals surface area contributed by atoms with Crippen LogP contribution in [0.5, 0.6) is 0 Å². The monoisotopic (exact) mass is 279 g/mol. The standard InChI is InChI=1S/C15H25N3O2/c1-3-12-8-11(7-10(2)16)9-13(15(17)20)14(12)18-5-4-6-19/h8-10,18-19H,3-7,16H2,1-2H3,(H2,17,20)/t10-/m1/s1. The van der Waals surface area contributed by atoms with Crippen molar-refractivity contribution in [3.63, 3.8) is 0 Å². The summed E-state index contributed by atoms with van der Waals surface area (Å²) < 4.78 is 0. The van der Waals surface area contributed by atoms with Gasteiger partial charge in [0.25, 0.3) is 5.91 Å². The van der Waals surface area contributed by atoms with Crippen molar-refractivity contribution >= 4 is 11.6 Å². The molecule has 0 spiro atoms. The van der Waals surface area contributed by atoms with E-state index in [9.17, 15) is 4.79 Å². The quantitative estimate of drug-likeness (QED) is 0.534. The third-order valence-corrected chi connectivity index (χ3v) is 3.12. The molecule has 1 aromatic rings. The van der Waals surface area contributed by atoms with E-state index in [1.54, 1.807) is 0 Å². The number of aliphatic hydroxyl groups is 1. The van der Waals surface area contributed by atoms with Crippen LogP contribution in [0.25, 0.3) is 0 Å². The molecule has 0 heterocycles. The summed E-state index contributed by atoms with van der Waals surface area (Å²) in [6.07, 6.45) is 2.14. The van der Waals surface area contributed by atoms with E-state index in [2.05, 4.69) is 11.4 Å². The summed E-state index contributed by atoms with van der Waals surface area (Å²) in [4.78, 5) is 11.7. The van der Waals surface area contributed by atoms with Gasteiger partial charge >= 0.3 is 0 Å². The highest BCUT2D eigenvalue weighted by Crippen LogP contribution is 2.25. The Bertz CT molecular complexity index is 459. The lowest BCUT2D eigenvalue weighted by molar-refractivity contribution is 0.100. The average molecular weight is 279 g/mol. The van der Waals surface area contributed by atoms with E-state index in [0.717, 1.165) is 23.2 Å². The summed E-state index contributed by atoms with van der Waals surface area (Å²) in [5.41, 5.74) is 14.7. The molecule has 112 valence electrons. The van der Waals surface area contributed by atoms with Crippen molar-refractivity contribution in [1.82, 2.24) is 0 Å². The van der Waals surface area contributed by atoms with Crippen LogP contribution < -0.4 is 16.8 Å². The maximum absolute atomic E-state index is 11.7. The van der Waals surface area contributed by atoms with Crippen molar-refractivity contribution in [2.24, 2.45) is 11.5 Å². The van der Waals surface area contributed by atoms with Crippen molar-refractivity contribution in [2.75, 3.05) is 18.5 Å². The fraction of sp³-hybridized carbons (Fsp3) is 0.533. The topological polar surface area (TPSA) is 101 Å². The molecular formula is C15H25N3O2. The largest absolute Gasteiger partial charge is 0.396 e. The molecule has 0 saturated carbocycles. The summed E-state index contributed by atoms with van der Waals surface area (Å²) in [6, 6.07) is 3.91. The molecule has 20 heavy (non-hydrogen) atoms. The van der Waals surface area contributed by atoms with Gasteiger partial charge in [-0.25, -0.2) is 0 Å². The van der Waals surface area contributed by atoms with Gasteiger partial charge in [-0.1, -0.05) is 13.0 Å². The van der Waals surface area contributed by atoms with E-state index in [1.165, 1.54) is 0 Å². The predicted octanol–water partition coefficient (Wildman–Crippen LogP) is 1.03. The second-order valence-electron chi connectivity index (χ2n) is 5.08. The molecule has 1 aromatic carbocycles. The van der Waals surface area contributed by atoms with E-state index in [-0.39, 0.29) is 12.6 Å². The summed E-state index contributed by atoms with van der Waals surface area (Å²) in [5.74, 6) is -0.447. The Labute approximate surface area is 120 Å². The minimum Gasteiger partial charge on any atom is -0.396 e. The van der Waals surface area contributed by atoms with Crippen LogP contribution in [0.2, 0.25) is 0 Å². The average Bonchev–Trinajstić information content (AvgIpc) is 2.38. The van der Waals surface area contributed by atoms with Gasteiger partial charge in [0.2, 0.25) is 0 Å². The molecule has 0 aliphatic carbocycles. The number of aliphatic hydroxyl groups excluding tert-OH is 1. The number of hydrogen-bond acceptors (Lipinski definition) is 4. The Morgan fingerprint density at radius 3 is 2.65 bits per heavy atom. The summed E-state index contributed by atoms with van der Waals surface area (Å²) in [6.45, 7) is 4.69. The lowest BCUT2D eigenvalue weighted by atomic mass is 9.97. The van der Waals surface area contributed by atoms with Gasteiger partial charge in [-0.05, 0) is 43.4 Å². The summed E-state index contributed by atoms with van der Waals surface area (Å²) in [5, 5.41) is 12.1. The van der Waals surface area contributed by atoms with Crippen LogP contribution in [0.15, 0.2) is 12.1 Å². The van der Waals surface area contributed by atoms with Crippen LogP contribution in [-0.4, -0.2) is 30.2 Å². The highest BCUT2D eigenvalue weighted by Gasteiger charge is 2.14. The number of carbonyl (C=O) groups is 1. The SMILES string of the molecule is CCc1cc(C[C@@H](C)N)cc(C(N)=O)c1NCCCO. The Balaban J connectivity index is 3.14. The highest BCUT2D eigenvalue weighted by atomic mass is 16.3. The molecule has 0 aromatic heterocycles. The van der Waals surface area contributed by atoms with Gasteiger partial charge in [0, 0.05) is 19.2 Å².